The highest BCUT2D eigenvalue weighted by Gasteiger charge is 2.51. The molecule has 0 aliphatic carbocycles. The number of rotatable bonds is 3. The maximum absolute atomic E-state index is 3.96. The third kappa shape index (κ3) is 5.77. The number of anilines is 5. The van der Waals surface area contributed by atoms with E-state index >= 15 is 0 Å². The van der Waals surface area contributed by atoms with Crippen LogP contribution in [0, 0.1) is 0 Å². The van der Waals surface area contributed by atoms with Gasteiger partial charge in [-0.3, -0.25) is 0 Å². The van der Waals surface area contributed by atoms with E-state index in [0.717, 1.165) is 5.69 Å². The molecule has 0 radical (unpaired) electrons. The lowest BCUT2D eigenvalue weighted by Crippen LogP contribution is -2.41. The minimum Gasteiger partial charge on any atom is -0.355 e. The molecular weight excluding hydrogens is 653 g/mol. The topological polar surface area (TPSA) is 15.3 Å². The molecule has 0 fully saturated rings. The molecule has 0 saturated heterocycles. The largest absolute Gasteiger partial charge is 0.355 e. The SMILES string of the molecule is CC(C)c1ccc2c(c1)C1(c3cc(C(C)(C)C)ccc3N2)c2cc(C(C)(C)C)ccc2N(c2ccc(-c3ccccc3)cc2)c2ccc(C(C)(C)C)cc21. The van der Waals surface area contributed by atoms with Crippen LogP contribution in [0.3, 0.4) is 0 Å². The zero-order valence-corrected chi connectivity index (χ0v) is 34.1. The number of nitrogens with zero attached hydrogens (tertiary/aromatic N) is 1. The maximum Gasteiger partial charge on any atom is 0.0782 e. The summed E-state index contributed by atoms with van der Waals surface area (Å²) in [5.41, 5.74) is 18.4. The van der Waals surface area contributed by atoms with E-state index in [2.05, 4.69) is 214 Å². The van der Waals surface area contributed by atoms with E-state index in [1.807, 2.05) is 0 Å². The van der Waals surface area contributed by atoms with Gasteiger partial charge in [0.05, 0.1) is 16.8 Å². The minimum atomic E-state index is -0.588. The Morgan fingerprint density at radius 2 is 0.907 bits per heavy atom. The summed E-state index contributed by atoms with van der Waals surface area (Å²) in [6, 6.07) is 48.9. The molecule has 8 rings (SSSR count). The van der Waals surface area contributed by atoms with Crippen molar-refractivity contribution in [2.45, 2.75) is 104 Å². The van der Waals surface area contributed by atoms with Crippen LogP contribution in [-0.2, 0) is 21.7 Å². The quantitative estimate of drug-likeness (QED) is 0.197. The summed E-state index contributed by atoms with van der Waals surface area (Å²) in [6.45, 7) is 25.7. The van der Waals surface area contributed by atoms with Crippen LogP contribution >= 0.6 is 0 Å². The van der Waals surface area contributed by atoms with Gasteiger partial charge in [0.1, 0.15) is 0 Å². The number of nitrogens with one attached hydrogen (secondary N) is 1. The second-order valence-electron chi connectivity index (χ2n) is 19.1. The molecular formula is C52H56N2. The standard InChI is InChI=1S/C52H56N2/c1-33(2)36-19-25-45-41(29-36)52(42-30-37(49(3,4)5)20-26-46(42)53-45)43-31-38(50(6,7)8)21-27-47(43)54(48-28-22-39(32-44(48)52)51(9,10)11)40-23-17-35(18-24-40)34-15-13-12-14-16-34/h12-33,53H,1-11H3. The van der Waals surface area contributed by atoms with E-state index in [-0.39, 0.29) is 16.2 Å². The van der Waals surface area contributed by atoms with Crippen LogP contribution < -0.4 is 10.2 Å². The zero-order valence-electron chi connectivity index (χ0n) is 34.1. The molecule has 2 heteroatoms. The van der Waals surface area contributed by atoms with Gasteiger partial charge < -0.3 is 10.2 Å². The summed E-state index contributed by atoms with van der Waals surface area (Å²) < 4.78 is 0. The van der Waals surface area contributed by atoms with Crippen molar-refractivity contribution in [3.8, 4) is 11.1 Å². The molecule has 54 heavy (non-hydrogen) atoms. The smallest absolute Gasteiger partial charge is 0.0782 e. The molecule has 0 bridgehead atoms. The van der Waals surface area contributed by atoms with Crippen molar-refractivity contribution in [1.82, 2.24) is 0 Å². The summed E-state index contributed by atoms with van der Waals surface area (Å²) in [7, 11) is 0. The Morgan fingerprint density at radius 1 is 0.463 bits per heavy atom. The fraction of sp³-hybridized carbons (Fsp3) is 0.308. The van der Waals surface area contributed by atoms with Crippen LogP contribution in [0.5, 0.6) is 0 Å². The van der Waals surface area contributed by atoms with Crippen molar-refractivity contribution in [3.63, 3.8) is 0 Å². The average Bonchev–Trinajstić information content (AvgIpc) is 3.13. The third-order valence-corrected chi connectivity index (χ3v) is 11.9. The molecule has 0 saturated carbocycles. The number of benzene rings is 6. The minimum absolute atomic E-state index is 0.0242. The summed E-state index contributed by atoms with van der Waals surface area (Å²) >= 11 is 0. The molecule has 0 amide bonds. The van der Waals surface area contributed by atoms with Gasteiger partial charge in [-0.25, -0.2) is 0 Å². The van der Waals surface area contributed by atoms with Gasteiger partial charge in [0.25, 0.3) is 0 Å². The van der Waals surface area contributed by atoms with Gasteiger partial charge in [-0.2, -0.15) is 0 Å². The molecule has 6 aromatic rings. The number of hydrogen-bond donors (Lipinski definition) is 1. The fourth-order valence-electron chi connectivity index (χ4n) is 8.62. The molecule has 1 spiro atoms. The Labute approximate surface area is 324 Å². The second-order valence-corrected chi connectivity index (χ2v) is 19.1. The van der Waals surface area contributed by atoms with E-state index in [9.17, 15) is 0 Å². The molecule has 1 N–H and O–H groups in total. The van der Waals surface area contributed by atoms with Crippen molar-refractivity contribution >= 4 is 28.4 Å². The molecule has 2 aliphatic heterocycles. The number of hydrogen-bond acceptors (Lipinski definition) is 2. The zero-order chi connectivity index (χ0) is 38.4. The van der Waals surface area contributed by atoms with Gasteiger partial charge in [-0.05, 0) is 114 Å². The number of fused-ring (bicyclic) bond motifs is 8. The molecule has 6 aromatic carbocycles. The highest BCUT2D eigenvalue weighted by atomic mass is 15.2. The van der Waals surface area contributed by atoms with Gasteiger partial charge in [-0.15, -0.1) is 0 Å². The Morgan fingerprint density at radius 3 is 1.41 bits per heavy atom. The Bertz CT molecular complexity index is 2310. The van der Waals surface area contributed by atoms with Gasteiger partial charge in [0, 0.05) is 17.1 Å². The molecule has 274 valence electrons. The van der Waals surface area contributed by atoms with Gasteiger partial charge >= 0.3 is 0 Å². The molecule has 0 atom stereocenters. The first-order chi connectivity index (χ1) is 25.5. The Balaban J connectivity index is 1.54. The molecule has 2 nitrogen and oxygen atoms in total. The lowest BCUT2D eigenvalue weighted by molar-refractivity contribution is 0.580. The van der Waals surface area contributed by atoms with E-state index in [4.69, 9.17) is 0 Å². The summed E-state index contributed by atoms with van der Waals surface area (Å²) in [4.78, 5) is 2.53. The lowest BCUT2D eigenvalue weighted by Gasteiger charge is -2.50. The summed E-state index contributed by atoms with van der Waals surface area (Å²) in [6.07, 6.45) is 0. The average molecular weight is 709 g/mol. The van der Waals surface area contributed by atoms with Crippen LogP contribution in [0.4, 0.5) is 28.4 Å². The first-order valence-corrected chi connectivity index (χ1v) is 19.8. The van der Waals surface area contributed by atoms with Crippen LogP contribution in [0.2, 0.25) is 0 Å². The molecule has 2 heterocycles. The van der Waals surface area contributed by atoms with Gasteiger partial charge in [0.2, 0.25) is 0 Å². The predicted molar refractivity (Wildman–Crippen MR) is 232 cm³/mol. The van der Waals surface area contributed by atoms with E-state index in [0.29, 0.717) is 5.92 Å². The highest BCUT2D eigenvalue weighted by Crippen LogP contribution is 2.63. The van der Waals surface area contributed by atoms with E-state index in [1.54, 1.807) is 0 Å². The monoisotopic (exact) mass is 708 g/mol. The van der Waals surface area contributed by atoms with Crippen LogP contribution in [0.25, 0.3) is 11.1 Å². The normalized spacial score (nSPS) is 14.6. The van der Waals surface area contributed by atoms with Crippen molar-refractivity contribution in [1.29, 1.82) is 0 Å². The first-order valence-electron chi connectivity index (χ1n) is 19.8. The van der Waals surface area contributed by atoms with Crippen molar-refractivity contribution in [3.05, 3.63) is 172 Å². The van der Waals surface area contributed by atoms with Crippen LogP contribution in [0.15, 0.2) is 127 Å². The predicted octanol–water partition coefficient (Wildman–Crippen LogP) is 14.6. The van der Waals surface area contributed by atoms with E-state index in [1.165, 1.54) is 78.4 Å². The van der Waals surface area contributed by atoms with Crippen molar-refractivity contribution in [2.24, 2.45) is 0 Å². The molecule has 2 aliphatic rings. The van der Waals surface area contributed by atoms with Crippen molar-refractivity contribution < 1.29 is 0 Å². The Hall–Kier alpha value is -5.08. The molecule has 0 aromatic heterocycles. The van der Waals surface area contributed by atoms with Crippen LogP contribution in [0.1, 0.15) is 127 Å². The van der Waals surface area contributed by atoms with Gasteiger partial charge in [-0.1, -0.05) is 167 Å². The lowest BCUT2D eigenvalue weighted by atomic mass is 9.58. The second kappa shape index (κ2) is 12.5. The van der Waals surface area contributed by atoms with Crippen LogP contribution in [-0.4, -0.2) is 0 Å². The summed E-state index contributed by atoms with van der Waals surface area (Å²) in [5, 5.41) is 3.96. The highest BCUT2D eigenvalue weighted by molar-refractivity contribution is 5.94. The van der Waals surface area contributed by atoms with E-state index < -0.39 is 5.41 Å². The third-order valence-electron chi connectivity index (χ3n) is 11.9. The first kappa shape index (κ1) is 35.9. The fourth-order valence-corrected chi connectivity index (χ4v) is 8.62. The Kier molecular flexibility index (Phi) is 8.31. The maximum atomic E-state index is 3.96. The molecule has 0 unspecified atom stereocenters. The van der Waals surface area contributed by atoms with Gasteiger partial charge in [0.15, 0.2) is 0 Å². The van der Waals surface area contributed by atoms with Crippen molar-refractivity contribution in [2.75, 3.05) is 10.2 Å². The summed E-state index contributed by atoms with van der Waals surface area (Å²) in [5.74, 6) is 0.388.